The summed E-state index contributed by atoms with van der Waals surface area (Å²) in [6.07, 6.45) is 1.16. The zero-order valence-corrected chi connectivity index (χ0v) is 9.76. The summed E-state index contributed by atoms with van der Waals surface area (Å²) in [5.74, 6) is 0. The molecule has 76 valence electrons. The summed E-state index contributed by atoms with van der Waals surface area (Å²) in [4.78, 5) is 2.41. The van der Waals surface area contributed by atoms with Gasteiger partial charge in [0.1, 0.15) is 0 Å². The number of nitrogens with zero attached hydrogens (tertiary/aromatic N) is 1. The van der Waals surface area contributed by atoms with Gasteiger partial charge in [-0.2, -0.15) is 0 Å². The molecule has 0 saturated carbocycles. The van der Waals surface area contributed by atoms with Crippen LogP contribution in [0.25, 0.3) is 0 Å². The van der Waals surface area contributed by atoms with Gasteiger partial charge in [0.2, 0.25) is 0 Å². The molecule has 1 aromatic carbocycles. The van der Waals surface area contributed by atoms with E-state index in [0.717, 1.165) is 32.6 Å². The van der Waals surface area contributed by atoms with Gasteiger partial charge in [-0.15, -0.1) is 0 Å². The Labute approximate surface area is 93.2 Å². The first-order valence-electron chi connectivity index (χ1n) is 4.99. The minimum absolute atomic E-state index is 0.753. The molecule has 0 amide bonds. The molecule has 1 heterocycles. The summed E-state index contributed by atoms with van der Waals surface area (Å²) in [6, 6.07) is 6.56. The minimum Gasteiger partial charge on any atom is -0.329 e. The molecule has 0 radical (unpaired) electrons. The molecule has 0 atom stereocenters. The van der Waals surface area contributed by atoms with Crippen LogP contribution in [0.1, 0.15) is 11.1 Å². The molecule has 1 aliphatic rings. The van der Waals surface area contributed by atoms with E-state index in [9.17, 15) is 0 Å². The standard InChI is InChI=1S/C11H15BrN2/c12-11-2-1-9-3-5-14(6-4-13)8-10(9)7-11/h1-2,7H,3-6,8,13H2. The summed E-state index contributed by atoms with van der Waals surface area (Å²) in [7, 11) is 0. The van der Waals surface area contributed by atoms with E-state index in [2.05, 4.69) is 39.0 Å². The molecule has 2 N–H and O–H groups in total. The van der Waals surface area contributed by atoms with E-state index in [1.807, 2.05) is 0 Å². The third kappa shape index (κ3) is 2.16. The Balaban J connectivity index is 2.16. The van der Waals surface area contributed by atoms with Gasteiger partial charge in [0.15, 0.2) is 0 Å². The van der Waals surface area contributed by atoms with Crippen molar-refractivity contribution in [2.75, 3.05) is 19.6 Å². The van der Waals surface area contributed by atoms with Gasteiger partial charge in [0.05, 0.1) is 0 Å². The molecule has 0 unspecified atom stereocenters. The largest absolute Gasteiger partial charge is 0.329 e. The number of halogens is 1. The number of hydrogen-bond donors (Lipinski definition) is 1. The van der Waals surface area contributed by atoms with Gasteiger partial charge in [0.25, 0.3) is 0 Å². The summed E-state index contributed by atoms with van der Waals surface area (Å²) >= 11 is 3.51. The lowest BCUT2D eigenvalue weighted by Crippen LogP contribution is -2.34. The monoisotopic (exact) mass is 254 g/mol. The summed E-state index contributed by atoms with van der Waals surface area (Å²) < 4.78 is 1.17. The van der Waals surface area contributed by atoms with Crippen molar-refractivity contribution in [2.45, 2.75) is 13.0 Å². The average Bonchev–Trinajstić information content (AvgIpc) is 2.17. The lowest BCUT2D eigenvalue weighted by Gasteiger charge is -2.28. The summed E-state index contributed by atoms with van der Waals surface area (Å²) in [6.45, 7) is 3.95. The molecule has 0 aromatic heterocycles. The quantitative estimate of drug-likeness (QED) is 0.872. The molecule has 2 rings (SSSR count). The first-order chi connectivity index (χ1) is 6.79. The second-order valence-electron chi connectivity index (χ2n) is 3.73. The highest BCUT2D eigenvalue weighted by Crippen LogP contribution is 2.22. The molecule has 0 aliphatic carbocycles. The van der Waals surface area contributed by atoms with Gasteiger partial charge in [0, 0.05) is 30.7 Å². The van der Waals surface area contributed by atoms with Crippen LogP contribution in [0.3, 0.4) is 0 Å². The number of fused-ring (bicyclic) bond motifs is 1. The second-order valence-corrected chi connectivity index (χ2v) is 4.64. The van der Waals surface area contributed by atoms with E-state index in [0.29, 0.717) is 0 Å². The van der Waals surface area contributed by atoms with Gasteiger partial charge in [-0.25, -0.2) is 0 Å². The Hall–Kier alpha value is -0.380. The van der Waals surface area contributed by atoms with Gasteiger partial charge >= 0.3 is 0 Å². The van der Waals surface area contributed by atoms with Crippen LogP contribution in [-0.2, 0) is 13.0 Å². The fraction of sp³-hybridized carbons (Fsp3) is 0.455. The molecule has 0 bridgehead atoms. The van der Waals surface area contributed by atoms with E-state index in [-0.39, 0.29) is 0 Å². The van der Waals surface area contributed by atoms with E-state index in [4.69, 9.17) is 5.73 Å². The van der Waals surface area contributed by atoms with Crippen LogP contribution in [0.4, 0.5) is 0 Å². The van der Waals surface area contributed by atoms with Gasteiger partial charge in [-0.3, -0.25) is 4.90 Å². The van der Waals surface area contributed by atoms with Crippen molar-refractivity contribution in [3.8, 4) is 0 Å². The lowest BCUT2D eigenvalue weighted by atomic mass is 10.00. The SMILES string of the molecule is NCCN1CCc2ccc(Br)cc2C1. The van der Waals surface area contributed by atoms with E-state index >= 15 is 0 Å². The molecule has 0 saturated heterocycles. The zero-order valence-electron chi connectivity index (χ0n) is 8.17. The van der Waals surface area contributed by atoms with Crippen molar-refractivity contribution >= 4 is 15.9 Å². The molecule has 2 nitrogen and oxygen atoms in total. The highest BCUT2D eigenvalue weighted by Gasteiger charge is 2.14. The van der Waals surface area contributed by atoms with Crippen LogP contribution in [0.5, 0.6) is 0 Å². The Morgan fingerprint density at radius 2 is 2.21 bits per heavy atom. The van der Waals surface area contributed by atoms with Crippen LogP contribution in [0.2, 0.25) is 0 Å². The fourth-order valence-electron chi connectivity index (χ4n) is 1.96. The van der Waals surface area contributed by atoms with Crippen molar-refractivity contribution < 1.29 is 0 Å². The van der Waals surface area contributed by atoms with E-state index < -0.39 is 0 Å². The van der Waals surface area contributed by atoms with Gasteiger partial charge in [-0.05, 0) is 29.7 Å². The fourth-order valence-corrected chi connectivity index (χ4v) is 2.37. The van der Waals surface area contributed by atoms with Crippen LogP contribution >= 0.6 is 15.9 Å². The minimum atomic E-state index is 0.753. The second kappa shape index (κ2) is 4.43. The molecule has 1 aromatic rings. The average molecular weight is 255 g/mol. The summed E-state index contributed by atoms with van der Waals surface area (Å²) in [5, 5.41) is 0. The van der Waals surface area contributed by atoms with Gasteiger partial charge < -0.3 is 5.73 Å². The van der Waals surface area contributed by atoms with Crippen molar-refractivity contribution in [1.82, 2.24) is 4.90 Å². The van der Waals surface area contributed by atoms with Crippen molar-refractivity contribution in [1.29, 1.82) is 0 Å². The van der Waals surface area contributed by atoms with Crippen LogP contribution in [0.15, 0.2) is 22.7 Å². The Morgan fingerprint density at radius 3 is 3.00 bits per heavy atom. The highest BCUT2D eigenvalue weighted by atomic mass is 79.9. The lowest BCUT2D eigenvalue weighted by molar-refractivity contribution is 0.261. The number of rotatable bonds is 2. The third-order valence-corrected chi connectivity index (χ3v) is 3.20. The number of benzene rings is 1. The van der Waals surface area contributed by atoms with Crippen molar-refractivity contribution in [3.05, 3.63) is 33.8 Å². The maximum absolute atomic E-state index is 5.56. The Morgan fingerprint density at radius 1 is 1.36 bits per heavy atom. The molecule has 0 spiro atoms. The maximum atomic E-state index is 5.56. The normalized spacial score (nSPS) is 16.7. The van der Waals surface area contributed by atoms with Crippen LogP contribution < -0.4 is 5.73 Å². The first-order valence-corrected chi connectivity index (χ1v) is 5.78. The Bertz CT molecular complexity index is 325. The predicted octanol–water partition coefficient (Wildman–Crippen LogP) is 1.77. The summed E-state index contributed by atoms with van der Waals surface area (Å²) in [5.41, 5.74) is 8.49. The van der Waals surface area contributed by atoms with Crippen LogP contribution in [0, 0.1) is 0 Å². The Kier molecular flexibility index (Phi) is 3.21. The first kappa shape index (κ1) is 10.1. The number of nitrogens with two attached hydrogens (primary N) is 1. The van der Waals surface area contributed by atoms with E-state index in [1.165, 1.54) is 15.6 Å². The zero-order chi connectivity index (χ0) is 9.97. The molecule has 0 fully saturated rings. The van der Waals surface area contributed by atoms with Crippen molar-refractivity contribution in [3.63, 3.8) is 0 Å². The molecule has 14 heavy (non-hydrogen) atoms. The molecular weight excluding hydrogens is 240 g/mol. The molecule has 3 heteroatoms. The highest BCUT2D eigenvalue weighted by molar-refractivity contribution is 9.10. The topological polar surface area (TPSA) is 29.3 Å². The molecular formula is C11H15BrN2. The maximum Gasteiger partial charge on any atom is 0.0237 e. The molecule has 1 aliphatic heterocycles. The number of hydrogen-bond acceptors (Lipinski definition) is 2. The van der Waals surface area contributed by atoms with Crippen LogP contribution in [-0.4, -0.2) is 24.5 Å². The predicted molar refractivity (Wildman–Crippen MR) is 62.2 cm³/mol. The van der Waals surface area contributed by atoms with Crippen molar-refractivity contribution in [2.24, 2.45) is 5.73 Å². The smallest absolute Gasteiger partial charge is 0.0237 e. The van der Waals surface area contributed by atoms with Gasteiger partial charge in [-0.1, -0.05) is 22.0 Å². The third-order valence-electron chi connectivity index (χ3n) is 2.70. The van der Waals surface area contributed by atoms with E-state index in [1.54, 1.807) is 0 Å².